The molecule has 0 unspecified atom stereocenters. The summed E-state index contributed by atoms with van der Waals surface area (Å²) in [6.45, 7) is 2.62. The average molecular weight is 362 g/mol. The summed E-state index contributed by atoms with van der Waals surface area (Å²) in [5, 5.41) is 1.43. The van der Waals surface area contributed by atoms with Gasteiger partial charge in [-0.3, -0.25) is 9.78 Å². The first-order chi connectivity index (χ1) is 12.0. The highest BCUT2D eigenvalue weighted by atomic mass is 32.2. The van der Waals surface area contributed by atoms with Crippen LogP contribution in [0.5, 0.6) is 0 Å². The van der Waals surface area contributed by atoms with Gasteiger partial charge in [-0.05, 0) is 37.8 Å². The lowest BCUT2D eigenvalue weighted by atomic mass is 10.2. The molecule has 0 spiro atoms. The fourth-order valence-electron chi connectivity index (χ4n) is 2.80. The summed E-state index contributed by atoms with van der Waals surface area (Å²) in [7, 11) is -3.70. The van der Waals surface area contributed by atoms with Gasteiger partial charge in [0.25, 0.3) is 0 Å². The summed E-state index contributed by atoms with van der Waals surface area (Å²) in [4.78, 5) is 16.0. The molecule has 1 aliphatic carbocycles. The van der Waals surface area contributed by atoms with E-state index in [2.05, 4.69) is 4.98 Å². The highest BCUT2D eigenvalue weighted by Gasteiger charge is 2.32. The predicted octanol–water partition coefficient (Wildman–Crippen LogP) is 2.59. The van der Waals surface area contributed by atoms with Crippen LogP contribution in [0.1, 0.15) is 26.2 Å². The van der Waals surface area contributed by atoms with Gasteiger partial charge in [-0.25, -0.2) is 8.42 Å². The lowest BCUT2D eigenvalue weighted by Crippen LogP contribution is -2.35. The third kappa shape index (κ3) is 4.16. The summed E-state index contributed by atoms with van der Waals surface area (Å²) in [5.41, 5.74) is 0. The lowest BCUT2D eigenvalue weighted by Gasteiger charge is -2.22. The van der Waals surface area contributed by atoms with E-state index in [1.165, 1.54) is 4.31 Å². The zero-order chi connectivity index (χ0) is 17.9. The predicted molar refractivity (Wildman–Crippen MR) is 94.5 cm³/mol. The van der Waals surface area contributed by atoms with E-state index in [4.69, 9.17) is 4.74 Å². The second kappa shape index (κ2) is 7.49. The largest absolute Gasteiger partial charge is 0.466 e. The molecular weight excluding hydrogens is 340 g/mol. The van der Waals surface area contributed by atoms with Crippen molar-refractivity contribution in [1.82, 2.24) is 9.29 Å². The van der Waals surface area contributed by atoms with Gasteiger partial charge in [-0.15, -0.1) is 0 Å². The number of esters is 1. The number of sulfonamides is 1. The normalized spacial score (nSPS) is 14.8. The van der Waals surface area contributed by atoms with Crippen molar-refractivity contribution in [3.8, 4) is 0 Å². The first-order valence-electron chi connectivity index (χ1n) is 8.51. The second-order valence-corrected chi connectivity index (χ2v) is 8.12. The molecule has 6 nitrogen and oxygen atoms in total. The molecule has 25 heavy (non-hydrogen) atoms. The van der Waals surface area contributed by atoms with Gasteiger partial charge in [0.2, 0.25) is 10.0 Å². The van der Waals surface area contributed by atoms with E-state index in [0.717, 1.165) is 18.2 Å². The van der Waals surface area contributed by atoms with Crippen LogP contribution in [-0.2, 0) is 19.6 Å². The molecule has 0 aliphatic heterocycles. The van der Waals surface area contributed by atoms with E-state index in [1.807, 2.05) is 6.07 Å². The van der Waals surface area contributed by atoms with Crippen molar-refractivity contribution >= 4 is 26.8 Å². The third-order valence-electron chi connectivity index (χ3n) is 4.29. The fourth-order valence-corrected chi connectivity index (χ4v) is 4.54. The number of fused-ring (bicyclic) bond motifs is 1. The number of nitrogens with zero attached hydrogens (tertiary/aromatic N) is 2. The Labute approximate surface area is 147 Å². The minimum atomic E-state index is -3.70. The zero-order valence-electron chi connectivity index (χ0n) is 14.2. The topological polar surface area (TPSA) is 76.6 Å². The number of rotatable bonds is 8. The number of pyridine rings is 1. The summed E-state index contributed by atoms with van der Waals surface area (Å²) in [6.07, 6.45) is 5.37. The molecule has 3 rings (SSSR count). The molecule has 1 aromatic heterocycles. The maximum Gasteiger partial charge on any atom is 0.307 e. The van der Waals surface area contributed by atoms with Crippen LogP contribution < -0.4 is 0 Å². The average Bonchev–Trinajstić information content (AvgIpc) is 3.42. The van der Waals surface area contributed by atoms with Crippen LogP contribution in [0.3, 0.4) is 0 Å². The summed E-state index contributed by atoms with van der Waals surface area (Å²) in [5.74, 6) is 0.00855. The van der Waals surface area contributed by atoms with E-state index in [9.17, 15) is 13.2 Å². The number of aromatic nitrogens is 1. The minimum absolute atomic E-state index is 0.0616. The number of ether oxygens (including phenoxy) is 1. The maximum absolute atomic E-state index is 13.2. The van der Waals surface area contributed by atoms with Crippen molar-refractivity contribution in [2.24, 2.45) is 5.92 Å². The van der Waals surface area contributed by atoms with E-state index >= 15 is 0 Å². The van der Waals surface area contributed by atoms with Crippen molar-refractivity contribution in [1.29, 1.82) is 0 Å². The lowest BCUT2D eigenvalue weighted by molar-refractivity contribution is -0.143. The van der Waals surface area contributed by atoms with Crippen LogP contribution in [0.4, 0.5) is 0 Å². The molecular formula is C18H22N2O4S. The monoisotopic (exact) mass is 362 g/mol. The molecule has 1 aromatic carbocycles. The third-order valence-corrected chi connectivity index (χ3v) is 6.21. The standard InChI is InChI=1S/C18H22N2O4S/c1-2-24-18(21)9-11-20(13-14-6-7-14)25(22,23)17-5-3-4-15-12-19-10-8-16(15)17/h3-5,8,10,12,14H,2,6-7,9,11,13H2,1H3. The first kappa shape index (κ1) is 17.8. The highest BCUT2D eigenvalue weighted by molar-refractivity contribution is 7.89. The molecule has 0 bridgehead atoms. The van der Waals surface area contributed by atoms with E-state index in [-0.39, 0.29) is 23.8 Å². The van der Waals surface area contributed by atoms with Gasteiger partial charge < -0.3 is 4.74 Å². The molecule has 0 atom stereocenters. The molecule has 7 heteroatoms. The number of carbonyl (C=O) groups is 1. The van der Waals surface area contributed by atoms with Crippen molar-refractivity contribution < 1.29 is 17.9 Å². The van der Waals surface area contributed by atoms with Crippen LogP contribution in [0.2, 0.25) is 0 Å². The van der Waals surface area contributed by atoms with Gasteiger partial charge >= 0.3 is 5.97 Å². The van der Waals surface area contributed by atoms with Crippen molar-refractivity contribution in [3.05, 3.63) is 36.7 Å². The Morgan fingerprint density at radius 3 is 2.84 bits per heavy atom. The van der Waals surface area contributed by atoms with Gasteiger partial charge in [0.15, 0.2) is 0 Å². The molecule has 0 N–H and O–H groups in total. The molecule has 0 amide bonds. The van der Waals surface area contributed by atoms with Crippen molar-refractivity contribution in [2.45, 2.75) is 31.1 Å². The summed E-state index contributed by atoms with van der Waals surface area (Å²) < 4.78 is 32.8. The van der Waals surface area contributed by atoms with E-state index in [1.54, 1.807) is 37.5 Å². The van der Waals surface area contributed by atoms with Crippen molar-refractivity contribution in [2.75, 3.05) is 19.7 Å². The maximum atomic E-state index is 13.2. The number of hydrogen-bond acceptors (Lipinski definition) is 5. The molecule has 1 heterocycles. The smallest absolute Gasteiger partial charge is 0.307 e. The van der Waals surface area contributed by atoms with Crippen LogP contribution in [0.15, 0.2) is 41.6 Å². The number of benzene rings is 1. The second-order valence-electron chi connectivity index (χ2n) is 6.21. The van der Waals surface area contributed by atoms with Gasteiger partial charge in [-0.2, -0.15) is 4.31 Å². The number of hydrogen-bond donors (Lipinski definition) is 0. The zero-order valence-corrected chi connectivity index (χ0v) is 15.0. The van der Waals surface area contributed by atoms with Crippen LogP contribution in [0.25, 0.3) is 10.8 Å². The number of carbonyl (C=O) groups excluding carboxylic acids is 1. The quantitative estimate of drug-likeness (QED) is 0.675. The van der Waals surface area contributed by atoms with E-state index < -0.39 is 10.0 Å². The summed E-state index contributed by atoms with van der Waals surface area (Å²) >= 11 is 0. The molecule has 0 saturated heterocycles. The Hall–Kier alpha value is -1.99. The van der Waals surface area contributed by atoms with Gasteiger partial charge in [0.05, 0.1) is 17.9 Å². The van der Waals surface area contributed by atoms with Crippen LogP contribution in [0, 0.1) is 5.92 Å². The minimum Gasteiger partial charge on any atom is -0.466 e. The first-order valence-corrected chi connectivity index (χ1v) is 9.95. The Morgan fingerprint density at radius 2 is 2.12 bits per heavy atom. The van der Waals surface area contributed by atoms with Crippen LogP contribution in [-0.4, -0.2) is 43.4 Å². The Bertz CT molecular complexity index is 857. The van der Waals surface area contributed by atoms with Gasteiger partial charge in [-0.1, -0.05) is 12.1 Å². The van der Waals surface area contributed by atoms with E-state index in [0.29, 0.717) is 24.5 Å². The highest BCUT2D eigenvalue weighted by Crippen LogP contribution is 2.33. The Kier molecular flexibility index (Phi) is 5.34. The molecule has 1 saturated carbocycles. The van der Waals surface area contributed by atoms with Gasteiger partial charge in [0, 0.05) is 36.3 Å². The molecule has 2 aromatic rings. The molecule has 0 radical (unpaired) electrons. The van der Waals surface area contributed by atoms with Gasteiger partial charge in [0.1, 0.15) is 0 Å². The van der Waals surface area contributed by atoms with Crippen molar-refractivity contribution in [3.63, 3.8) is 0 Å². The molecule has 134 valence electrons. The Morgan fingerprint density at radius 1 is 1.32 bits per heavy atom. The molecule has 1 aliphatic rings. The Balaban J connectivity index is 1.90. The SMILES string of the molecule is CCOC(=O)CCN(CC1CC1)S(=O)(=O)c1cccc2cnccc12. The van der Waals surface area contributed by atoms with Crippen LogP contribution >= 0.6 is 0 Å². The fraction of sp³-hybridized carbons (Fsp3) is 0.444. The molecule has 1 fully saturated rings. The summed E-state index contributed by atoms with van der Waals surface area (Å²) in [6, 6.07) is 6.88.